The zero-order valence-corrected chi connectivity index (χ0v) is 14.3. The van der Waals surface area contributed by atoms with Crippen LogP contribution in [-0.4, -0.2) is 58.6 Å². The summed E-state index contributed by atoms with van der Waals surface area (Å²) in [5, 5.41) is 8.75. The smallest absolute Gasteiger partial charge is 0.276 e. The van der Waals surface area contributed by atoms with Crippen molar-refractivity contribution in [3.8, 4) is 0 Å². The van der Waals surface area contributed by atoms with Crippen molar-refractivity contribution in [2.45, 2.75) is 44.7 Å². The van der Waals surface area contributed by atoms with Crippen LogP contribution < -0.4 is 5.48 Å². The van der Waals surface area contributed by atoms with Gasteiger partial charge in [-0.2, -0.15) is 0 Å². The maximum Gasteiger partial charge on any atom is 0.276 e. The van der Waals surface area contributed by atoms with Gasteiger partial charge in [0.25, 0.3) is 5.91 Å². The van der Waals surface area contributed by atoms with E-state index in [0.29, 0.717) is 17.0 Å². The van der Waals surface area contributed by atoms with Crippen molar-refractivity contribution in [3.63, 3.8) is 0 Å². The van der Waals surface area contributed by atoms with Crippen molar-refractivity contribution in [2.75, 3.05) is 26.7 Å². The number of hydroxylamine groups is 1. The fraction of sp³-hybridized carbons (Fsp3) is 0.667. The Morgan fingerprint density at radius 1 is 1.46 bits per heavy atom. The molecule has 3 aliphatic rings. The van der Waals surface area contributed by atoms with Crippen LogP contribution in [0.25, 0.3) is 0 Å². The fourth-order valence-electron chi connectivity index (χ4n) is 4.92. The fourth-order valence-corrected chi connectivity index (χ4v) is 4.92. The van der Waals surface area contributed by atoms with Crippen LogP contribution in [0.1, 0.15) is 50.2 Å². The van der Waals surface area contributed by atoms with Crippen molar-refractivity contribution in [1.82, 2.24) is 20.3 Å². The number of fused-ring (bicyclic) bond motifs is 1. The molecular weight excluding hydrogens is 304 g/mol. The highest BCUT2D eigenvalue weighted by Crippen LogP contribution is 2.49. The third-order valence-electron chi connectivity index (χ3n) is 6.15. The van der Waals surface area contributed by atoms with Crippen LogP contribution in [-0.2, 0) is 13.0 Å². The van der Waals surface area contributed by atoms with Gasteiger partial charge in [0, 0.05) is 34.7 Å². The van der Waals surface area contributed by atoms with Crippen molar-refractivity contribution >= 4 is 5.91 Å². The SMILES string of the molecule is CN1CCCC2(CC(N3CCc4cc(C(=O)NO)cnc4C3)C2)C1.[HH].[HH]. The minimum Gasteiger partial charge on any atom is -0.306 e. The Morgan fingerprint density at radius 3 is 3.04 bits per heavy atom. The highest BCUT2D eigenvalue weighted by atomic mass is 16.5. The van der Waals surface area contributed by atoms with Gasteiger partial charge in [-0.25, -0.2) is 5.48 Å². The molecule has 0 bridgehead atoms. The van der Waals surface area contributed by atoms with Gasteiger partial charge in [-0.1, -0.05) is 0 Å². The molecule has 2 aliphatic heterocycles. The van der Waals surface area contributed by atoms with Gasteiger partial charge in [0.05, 0.1) is 11.3 Å². The van der Waals surface area contributed by atoms with Crippen LogP contribution in [0.2, 0.25) is 0 Å². The number of hydrogen-bond acceptors (Lipinski definition) is 5. The van der Waals surface area contributed by atoms with E-state index in [-0.39, 0.29) is 2.85 Å². The lowest BCUT2D eigenvalue weighted by molar-refractivity contribution is -0.0492. The van der Waals surface area contributed by atoms with Crippen LogP contribution >= 0.6 is 0 Å². The van der Waals surface area contributed by atoms with Crippen molar-refractivity contribution < 1.29 is 12.9 Å². The van der Waals surface area contributed by atoms with E-state index in [0.717, 1.165) is 30.8 Å². The second kappa shape index (κ2) is 6.10. The number of pyridine rings is 1. The molecular formula is C18H30N4O2. The molecule has 1 aromatic rings. The third-order valence-corrected chi connectivity index (χ3v) is 6.15. The zero-order chi connectivity index (χ0) is 16.7. The maximum atomic E-state index is 11.5. The van der Waals surface area contributed by atoms with Gasteiger partial charge in [0.15, 0.2) is 0 Å². The molecule has 0 aromatic carbocycles. The van der Waals surface area contributed by atoms with Crippen molar-refractivity contribution in [2.24, 2.45) is 5.41 Å². The van der Waals surface area contributed by atoms with Gasteiger partial charge in [0.1, 0.15) is 0 Å². The van der Waals surface area contributed by atoms with E-state index in [4.69, 9.17) is 5.21 Å². The number of rotatable bonds is 2. The summed E-state index contributed by atoms with van der Waals surface area (Å²) in [5.41, 5.74) is 4.89. The molecule has 0 atom stereocenters. The van der Waals surface area contributed by atoms with E-state index in [1.54, 1.807) is 11.7 Å². The molecule has 4 rings (SSSR count). The second-order valence-corrected chi connectivity index (χ2v) is 7.89. The van der Waals surface area contributed by atoms with Crippen LogP contribution in [0.3, 0.4) is 0 Å². The topological polar surface area (TPSA) is 68.7 Å². The largest absolute Gasteiger partial charge is 0.306 e. The number of hydrogen-bond donors (Lipinski definition) is 2. The van der Waals surface area contributed by atoms with Crippen LogP contribution in [0.4, 0.5) is 0 Å². The van der Waals surface area contributed by atoms with Crippen molar-refractivity contribution in [1.29, 1.82) is 0 Å². The molecule has 1 aromatic heterocycles. The summed E-state index contributed by atoms with van der Waals surface area (Å²) < 4.78 is 0. The average Bonchev–Trinajstić information content (AvgIpc) is 2.58. The van der Waals surface area contributed by atoms with E-state index in [1.807, 2.05) is 6.07 Å². The Morgan fingerprint density at radius 2 is 2.29 bits per heavy atom. The molecule has 6 nitrogen and oxygen atoms in total. The van der Waals surface area contributed by atoms with E-state index in [9.17, 15) is 4.79 Å². The monoisotopic (exact) mass is 334 g/mol. The molecule has 0 radical (unpaired) electrons. The molecule has 1 aliphatic carbocycles. The summed E-state index contributed by atoms with van der Waals surface area (Å²) in [6.07, 6.45) is 7.85. The summed E-state index contributed by atoms with van der Waals surface area (Å²) >= 11 is 0. The summed E-state index contributed by atoms with van der Waals surface area (Å²) in [5.74, 6) is -0.491. The third kappa shape index (κ3) is 2.83. The van der Waals surface area contributed by atoms with Crippen LogP contribution in [0.15, 0.2) is 12.3 Å². The predicted molar refractivity (Wildman–Crippen MR) is 94.0 cm³/mol. The number of piperidine rings is 1. The van der Waals surface area contributed by atoms with Gasteiger partial charge in [-0.3, -0.25) is 19.9 Å². The van der Waals surface area contributed by atoms with Crippen molar-refractivity contribution in [3.05, 3.63) is 29.1 Å². The molecule has 3 heterocycles. The summed E-state index contributed by atoms with van der Waals surface area (Å²) in [6.45, 7) is 4.42. The molecule has 2 fully saturated rings. The molecule has 1 spiro atoms. The lowest BCUT2D eigenvalue weighted by Crippen LogP contribution is -2.57. The van der Waals surface area contributed by atoms with E-state index < -0.39 is 5.91 Å². The van der Waals surface area contributed by atoms with Crippen LogP contribution in [0, 0.1) is 5.41 Å². The second-order valence-electron chi connectivity index (χ2n) is 7.89. The molecule has 0 unspecified atom stereocenters. The Labute approximate surface area is 145 Å². The number of carbonyl (C=O) groups excluding carboxylic acids is 1. The first-order valence-corrected chi connectivity index (χ1v) is 8.93. The quantitative estimate of drug-likeness (QED) is 0.639. The Bertz CT molecular complexity index is 652. The normalized spacial score (nSPS) is 30.7. The average molecular weight is 334 g/mol. The number of nitrogens with one attached hydrogen (secondary N) is 1. The Balaban J connectivity index is 0.00000121. The first-order chi connectivity index (χ1) is 11.6. The number of aromatic nitrogens is 1. The van der Waals surface area contributed by atoms with E-state index in [1.165, 1.54) is 38.8 Å². The van der Waals surface area contributed by atoms with Gasteiger partial charge in [0.2, 0.25) is 0 Å². The number of likely N-dealkylation sites (tertiary alicyclic amines) is 1. The zero-order valence-electron chi connectivity index (χ0n) is 14.3. The molecule has 24 heavy (non-hydrogen) atoms. The van der Waals surface area contributed by atoms with Gasteiger partial charge >= 0.3 is 0 Å². The molecule has 2 N–H and O–H groups in total. The molecule has 1 saturated heterocycles. The first-order valence-electron chi connectivity index (χ1n) is 8.93. The molecule has 1 saturated carbocycles. The maximum absolute atomic E-state index is 11.5. The summed E-state index contributed by atoms with van der Waals surface area (Å²) in [7, 11) is 2.25. The molecule has 134 valence electrons. The number of nitrogens with zero attached hydrogens (tertiary/aromatic N) is 3. The Kier molecular flexibility index (Phi) is 4.06. The summed E-state index contributed by atoms with van der Waals surface area (Å²) in [4.78, 5) is 21.0. The minimum atomic E-state index is -0.491. The first kappa shape index (κ1) is 16.0. The van der Waals surface area contributed by atoms with E-state index >= 15 is 0 Å². The molecule has 1 amide bonds. The lowest BCUT2D eigenvalue weighted by Gasteiger charge is -2.56. The van der Waals surface area contributed by atoms with Gasteiger partial charge < -0.3 is 4.90 Å². The standard InChI is InChI=1S/C18H26N4O2.2H2/c1-21-5-2-4-18(12-21)8-15(9-18)22-6-3-13-7-14(17(23)20-24)10-19-16(13)11-22;;/h7,10,15,24H,2-6,8-9,11-12H2,1H3,(H,20,23);2*1H. The van der Waals surface area contributed by atoms with Crippen LogP contribution in [0.5, 0.6) is 0 Å². The highest BCUT2D eigenvalue weighted by Gasteiger charge is 2.48. The van der Waals surface area contributed by atoms with Gasteiger partial charge in [-0.15, -0.1) is 0 Å². The number of amides is 1. The minimum absolute atomic E-state index is 0. The Hall–Kier alpha value is -1.50. The molecule has 6 heteroatoms. The highest BCUT2D eigenvalue weighted by molar-refractivity contribution is 5.93. The lowest BCUT2D eigenvalue weighted by atomic mass is 9.61. The predicted octanol–water partition coefficient (Wildman–Crippen LogP) is 1.93. The number of carbonyl (C=O) groups is 1. The summed E-state index contributed by atoms with van der Waals surface area (Å²) in [6, 6.07) is 2.55. The van der Waals surface area contributed by atoms with E-state index in [2.05, 4.69) is 21.8 Å². The van der Waals surface area contributed by atoms with Gasteiger partial charge in [-0.05, 0) is 62.7 Å².